The molecule has 0 radical (unpaired) electrons. The number of rotatable bonds is 4. The minimum Gasteiger partial charge on any atom is -0.293 e. The van der Waals surface area contributed by atoms with Gasteiger partial charge in [-0.15, -0.1) is 0 Å². The lowest BCUT2D eigenvalue weighted by Gasteiger charge is -2.10. The molecule has 1 heterocycles. The van der Waals surface area contributed by atoms with Crippen LogP contribution in [0.2, 0.25) is 5.02 Å². The molecule has 0 aliphatic rings. The molecule has 2 aromatic rings. The lowest BCUT2D eigenvalue weighted by atomic mass is 10.1. The van der Waals surface area contributed by atoms with E-state index < -0.39 is 0 Å². The second kappa shape index (κ2) is 6.55. The summed E-state index contributed by atoms with van der Waals surface area (Å²) in [6.07, 6.45) is 1.71. The van der Waals surface area contributed by atoms with Crippen molar-refractivity contribution in [2.45, 2.75) is 17.2 Å². The van der Waals surface area contributed by atoms with E-state index in [2.05, 4.69) is 20.9 Å². The summed E-state index contributed by atoms with van der Waals surface area (Å²) in [4.78, 5) is 16.5. The largest absolute Gasteiger partial charge is 0.293 e. The van der Waals surface area contributed by atoms with Crippen LogP contribution in [0.3, 0.4) is 0 Å². The van der Waals surface area contributed by atoms with Gasteiger partial charge in [-0.05, 0) is 47.1 Å². The fourth-order valence-corrected chi connectivity index (χ4v) is 3.16. The number of hydrogen-bond acceptors (Lipinski definition) is 3. The molecule has 19 heavy (non-hydrogen) atoms. The monoisotopic (exact) mass is 355 g/mol. The average Bonchev–Trinajstić information content (AvgIpc) is 2.40. The molecule has 0 aliphatic carbocycles. The van der Waals surface area contributed by atoms with E-state index in [0.717, 1.165) is 9.50 Å². The van der Waals surface area contributed by atoms with Crippen LogP contribution in [0.5, 0.6) is 0 Å². The topological polar surface area (TPSA) is 30.0 Å². The minimum absolute atomic E-state index is 0.0463. The number of carbonyl (C=O) groups is 1. The van der Waals surface area contributed by atoms with Crippen LogP contribution in [0.1, 0.15) is 17.3 Å². The summed E-state index contributed by atoms with van der Waals surface area (Å²) >= 11 is 10.8. The molecule has 5 heteroatoms. The highest BCUT2D eigenvalue weighted by Gasteiger charge is 2.18. The van der Waals surface area contributed by atoms with Crippen molar-refractivity contribution >= 4 is 45.1 Å². The second-order valence-corrected chi connectivity index (χ2v) is 6.55. The number of pyridine rings is 1. The van der Waals surface area contributed by atoms with Crippen molar-refractivity contribution in [1.29, 1.82) is 0 Å². The van der Waals surface area contributed by atoms with E-state index in [1.54, 1.807) is 30.5 Å². The number of thioether (sulfide) groups is 1. The highest BCUT2D eigenvalue weighted by molar-refractivity contribution is 9.10. The van der Waals surface area contributed by atoms with Gasteiger partial charge in [-0.2, -0.15) is 0 Å². The predicted octanol–water partition coefficient (Wildman–Crippen LogP) is 4.86. The zero-order valence-electron chi connectivity index (χ0n) is 10.1. The summed E-state index contributed by atoms with van der Waals surface area (Å²) < 4.78 is 0.894. The molecular formula is C14H11BrClNOS. The van der Waals surface area contributed by atoms with E-state index in [1.165, 1.54) is 11.8 Å². The SMILES string of the molecule is CC(Sc1ncccc1Br)C(=O)c1cccc(Cl)c1. The zero-order chi connectivity index (χ0) is 13.8. The molecule has 1 aromatic heterocycles. The third-order valence-electron chi connectivity index (χ3n) is 2.49. The highest BCUT2D eigenvalue weighted by Crippen LogP contribution is 2.30. The molecule has 0 saturated heterocycles. The van der Waals surface area contributed by atoms with Gasteiger partial charge in [-0.1, -0.05) is 35.5 Å². The first-order valence-corrected chi connectivity index (χ1v) is 7.70. The van der Waals surface area contributed by atoms with Crippen molar-refractivity contribution in [3.63, 3.8) is 0 Å². The molecule has 0 aliphatic heterocycles. The first-order valence-electron chi connectivity index (χ1n) is 5.65. The Morgan fingerprint density at radius 1 is 1.37 bits per heavy atom. The van der Waals surface area contributed by atoms with Gasteiger partial charge in [0.1, 0.15) is 5.03 Å². The van der Waals surface area contributed by atoms with E-state index in [4.69, 9.17) is 11.6 Å². The number of aromatic nitrogens is 1. The molecular weight excluding hydrogens is 346 g/mol. The normalized spacial score (nSPS) is 12.2. The zero-order valence-corrected chi connectivity index (χ0v) is 13.3. The van der Waals surface area contributed by atoms with E-state index in [1.807, 2.05) is 19.1 Å². The Balaban J connectivity index is 2.14. The molecule has 2 rings (SSSR count). The number of ketones is 1. The maximum Gasteiger partial charge on any atom is 0.175 e. The van der Waals surface area contributed by atoms with Crippen molar-refractivity contribution in [2.24, 2.45) is 0 Å². The lowest BCUT2D eigenvalue weighted by Crippen LogP contribution is -2.13. The first-order chi connectivity index (χ1) is 9.08. The summed E-state index contributed by atoms with van der Waals surface area (Å²) in [5, 5.41) is 1.16. The van der Waals surface area contributed by atoms with Gasteiger partial charge in [0.15, 0.2) is 5.78 Å². The fourth-order valence-electron chi connectivity index (χ4n) is 1.56. The Bertz CT molecular complexity index is 606. The fraction of sp³-hybridized carbons (Fsp3) is 0.143. The molecule has 1 aromatic carbocycles. The molecule has 2 nitrogen and oxygen atoms in total. The number of benzene rings is 1. The average molecular weight is 357 g/mol. The maximum atomic E-state index is 12.3. The van der Waals surface area contributed by atoms with Crippen molar-refractivity contribution in [2.75, 3.05) is 0 Å². The Labute approximate surface area is 129 Å². The van der Waals surface area contributed by atoms with Gasteiger partial charge in [0, 0.05) is 21.3 Å². The van der Waals surface area contributed by atoms with Gasteiger partial charge in [0.05, 0.1) is 5.25 Å². The number of Topliss-reactive ketones (excluding diaryl/α,β-unsaturated/α-hetero) is 1. The molecule has 1 unspecified atom stereocenters. The van der Waals surface area contributed by atoms with Gasteiger partial charge in [-0.3, -0.25) is 4.79 Å². The highest BCUT2D eigenvalue weighted by atomic mass is 79.9. The first kappa shape index (κ1) is 14.6. The van der Waals surface area contributed by atoms with Gasteiger partial charge < -0.3 is 0 Å². The lowest BCUT2D eigenvalue weighted by molar-refractivity contribution is 0.0994. The minimum atomic E-state index is -0.218. The predicted molar refractivity (Wildman–Crippen MR) is 83.0 cm³/mol. The van der Waals surface area contributed by atoms with Gasteiger partial charge in [0.2, 0.25) is 0 Å². The molecule has 0 bridgehead atoms. The maximum absolute atomic E-state index is 12.3. The van der Waals surface area contributed by atoms with E-state index in [9.17, 15) is 4.79 Å². The Kier molecular flexibility index (Phi) is 5.02. The summed E-state index contributed by atoms with van der Waals surface area (Å²) in [6.45, 7) is 1.87. The number of hydrogen-bond donors (Lipinski definition) is 0. The quantitative estimate of drug-likeness (QED) is 0.579. The summed E-state index contributed by atoms with van der Waals surface area (Å²) in [5.74, 6) is 0.0463. The molecule has 0 fully saturated rings. The Morgan fingerprint density at radius 3 is 2.84 bits per heavy atom. The molecule has 0 amide bonds. The van der Waals surface area contributed by atoms with Crippen LogP contribution >= 0.6 is 39.3 Å². The van der Waals surface area contributed by atoms with Crippen LogP contribution in [-0.4, -0.2) is 16.0 Å². The Hall–Kier alpha value is -0.840. The van der Waals surface area contributed by atoms with Gasteiger partial charge in [0.25, 0.3) is 0 Å². The molecule has 0 saturated carbocycles. The molecule has 0 spiro atoms. The molecule has 98 valence electrons. The van der Waals surface area contributed by atoms with Crippen LogP contribution in [0.25, 0.3) is 0 Å². The van der Waals surface area contributed by atoms with Crippen molar-refractivity contribution < 1.29 is 4.79 Å². The third-order valence-corrected chi connectivity index (χ3v) is 4.75. The van der Waals surface area contributed by atoms with E-state index in [-0.39, 0.29) is 11.0 Å². The van der Waals surface area contributed by atoms with Gasteiger partial charge in [-0.25, -0.2) is 4.98 Å². The Morgan fingerprint density at radius 2 is 2.16 bits per heavy atom. The van der Waals surface area contributed by atoms with Crippen molar-refractivity contribution in [1.82, 2.24) is 4.98 Å². The van der Waals surface area contributed by atoms with Crippen molar-refractivity contribution in [3.05, 3.63) is 57.7 Å². The van der Waals surface area contributed by atoms with Crippen LogP contribution < -0.4 is 0 Å². The summed E-state index contributed by atoms with van der Waals surface area (Å²) in [6, 6.07) is 10.8. The number of nitrogens with zero attached hydrogens (tertiary/aromatic N) is 1. The standard InChI is InChI=1S/C14H11BrClNOS/c1-9(19-14-12(15)6-3-7-17-14)13(18)10-4-2-5-11(16)8-10/h2-9H,1H3. The molecule has 1 atom stereocenters. The summed E-state index contributed by atoms with van der Waals surface area (Å²) in [5.41, 5.74) is 0.625. The van der Waals surface area contributed by atoms with Crippen LogP contribution in [-0.2, 0) is 0 Å². The summed E-state index contributed by atoms with van der Waals surface area (Å²) in [7, 11) is 0. The van der Waals surface area contributed by atoms with E-state index >= 15 is 0 Å². The van der Waals surface area contributed by atoms with E-state index in [0.29, 0.717) is 10.6 Å². The molecule has 0 N–H and O–H groups in total. The number of carbonyl (C=O) groups excluding carboxylic acids is 1. The number of halogens is 2. The van der Waals surface area contributed by atoms with Crippen LogP contribution in [0.4, 0.5) is 0 Å². The smallest absolute Gasteiger partial charge is 0.175 e. The van der Waals surface area contributed by atoms with Crippen molar-refractivity contribution in [3.8, 4) is 0 Å². The third kappa shape index (κ3) is 3.81. The van der Waals surface area contributed by atoms with Crippen LogP contribution in [0.15, 0.2) is 52.1 Å². The second-order valence-electron chi connectivity index (χ2n) is 3.93. The van der Waals surface area contributed by atoms with Crippen LogP contribution in [0, 0.1) is 0 Å². The van der Waals surface area contributed by atoms with Gasteiger partial charge >= 0.3 is 0 Å².